The molecule has 1 aliphatic rings. The van der Waals surface area contributed by atoms with Crippen LogP contribution >= 0.6 is 0 Å². The molecule has 1 atom stereocenters. The second-order valence-corrected chi connectivity index (χ2v) is 4.21. The zero-order valence-electron chi connectivity index (χ0n) is 10.2. The quantitative estimate of drug-likeness (QED) is 0.821. The van der Waals surface area contributed by atoms with Crippen molar-refractivity contribution >= 4 is 0 Å². The van der Waals surface area contributed by atoms with E-state index in [4.69, 9.17) is 14.2 Å². The summed E-state index contributed by atoms with van der Waals surface area (Å²) in [5, 5.41) is 9.77. The maximum absolute atomic E-state index is 9.77. The average molecular weight is 238 g/mol. The molecule has 1 aromatic carbocycles. The molecule has 0 aliphatic heterocycles. The number of hydrogen-bond acceptors (Lipinski definition) is 4. The van der Waals surface area contributed by atoms with Gasteiger partial charge in [-0.1, -0.05) is 6.07 Å². The van der Waals surface area contributed by atoms with Gasteiger partial charge in [-0.3, -0.25) is 0 Å². The van der Waals surface area contributed by atoms with E-state index in [1.54, 1.807) is 26.4 Å². The molecule has 0 heterocycles. The molecule has 4 nitrogen and oxygen atoms in total. The molecule has 1 aliphatic carbocycles. The van der Waals surface area contributed by atoms with Gasteiger partial charge in [0.15, 0.2) is 11.5 Å². The van der Waals surface area contributed by atoms with E-state index in [0.29, 0.717) is 23.2 Å². The lowest BCUT2D eigenvalue weighted by molar-refractivity contribution is 0.0864. The highest BCUT2D eigenvalue weighted by molar-refractivity contribution is 5.51. The lowest BCUT2D eigenvalue weighted by Gasteiger charge is -2.16. The van der Waals surface area contributed by atoms with Gasteiger partial charge in [-0.05, 0) is 30.9 Å². The van der Waals surface area contributed by atoms with Crippen molar-refractivity contribution in [3.8, 4) is 17.2 Å². The summed E-state index contributed by atoms with van der Waals surface area (Å²) in [6.07, 6.45) is 1.78. The first kappa shape index (κ1) is 12.0. The fraction of sp³-hybridized carbons (Fsp3) is 0.538. The Hall–Kier alpha value is -1.42. The molecule has 94 valence electrons. The van der Waals surface area contributed by atoms with Crippen molar-refractivity contribution < 1.29 is 19.3 Å². The first-order chi connectivity index (χ1) is 8.26. The number of ether oxygens (including phenoxy) is 3. The van der Waals surface area contributed by atoms with Gasteiger partial charge in [0.05, 0.1) is 20.3 Å². The van der Waals surface area contributed by atoms with E-state index >= 15 is 0 Å². The summed E-state index contributed by atoms with van der Waals surface area (Å²) in [5.41, 5.74) is 0. The fourth-order valence-electron chi connectivity index (χ4n) is 1.75. The molecule has 1 aromatic rings. The van der Waals surface area contributed by atoms with Gasteiger partial charge in [0.1, 0.15) is 6.61 Å². The number of benzene rings is 1. The van der Waals surface area contributed by atoms with E-state index in [1.807, 2.05) is 6.07 Å². The number of para-hydroxylation sites is 1. The number of aliphatic hydroxyl groups is 1. The molecule has 4 heteroatoms. The van der Waals surface area contributed by atoms with Crippen LogP contribution in [0.1, 0.15) is 12.8 Å². The minimum Gasteiger partial charge on any atom is -0.493 e. The first-order valence-electron chi connectivity index (χ1n) is 5.78. The Kier molecular flexibility index (Phi) is 3.74. The molecule has 0 bridgehead atoms. The van der Waals surface area contributed by atoms with Crippen LogP contribution in [-0.2, 0) is 0 Å². The highest BCUT2D eigenvalue weighted by atomic mass is 16.5. The van der Waals surface area contributed by atoms with Gasteiger partial charge in [-0.2, -0.15) is 0 Å². The molecular formula is C13H18O4. The van der Waals surface area contributed by atoms with Crippen molar-refractivity contribution in [2.24, 2.45) is 5.92 Å². The van der Waals surface area contributed by atoms with Crippen LogP contribution in [-0.4, -0.2) is 32.0 Å². The Morgan fingerprint density at radius 1 is 1.24 bits per heavy atom. The molecule has 2 rings (SSSR count). The third-order valence-electron chi connectivity index (χ3n) is 2.95. The Bertz CT molecular complexity index is 351. The third kappa shape index (κ3) is 2.82. The summed E-state index contributed by atoms with van der Waals surface area (Å²) < 4.78 is 16.0. The van der Waals surface area contributed by atoms with E-state index in [0.717, 1.165) is 12.8 Å². The Labute approximate surface area is 101 Å². The lowest BCUT2D eigenvalue weighted by atomic mass is 10.2. The SMILES string of the molecule is COc1cccc(OC)c1OCC(O)C1CC1. The molecule has 1 unspecified atom stereocenters. The summed E-state index contributed by atoms with van der Waals surface area (Å²) >= 11 is 0. The van der Waals surface area contributed by atoms with Crippen LogP contribution in [0.2, 0.25) is 0 Å². The molecule has 1 saturated carbocycles. The van der Waals surface area contributed by atoms with Crippen molar-refractivity contribution in [3.63, 3.8) is 0 Å². The highest BCUT2D eigenvalue weighted by Gasteiger charge is 2.30. The van der Waals surface area contributed by atoms with Crippen LogP contribution in [0.25, 0.3) is 0 Å². The van der Waals surface area contributed by atoms with E-state index in [9.17, 15) is 5.11 Å². The van der Waals surface area contributed by atoms with E-state index in [2.05, 4.69) is 0 Å². The molecule has 1 fully saturated rings. The summed E-state index contributed by atoms with van der Waals surface area (Å²) in [4.78, 5) is 0. The van der Waals surface area contributed by atoms with E-state index in [1.165, 1.54) is 0 Å². The van der Waals surface area contributed by atoms with E-state index < -0.39 is 6.10 Å². The number of aliphatic hydroxyl groups excluding tert-OH is 1. The second kappa shape index (κ2) is 5.27. The Morgan fingerprint density at radius 2 is 1.82 bits per heavy atom. The van der Waals surface area contributed by atoms with Gasteiger partial charge in [0.2, 0.25) is 5.75 Å². The largest absolute Gasteiger partial charge is 0.493 e. The van der Waals surface area contributed by atoms with Crippen LogP contribution in [0.5, 0.6) is 17.2 Å². The number of hydrogen-bond donors (Lipinski definition) is 1. The Morgan fingerprint density at radius 3 is 2.29 bits per heavy atom. The summed E-state index contributed by atoms with van der Waals surface area (Å²) in [6, 6.07) is 5.45. The Balaban J connectivity index is 2.06. The van der Waals surface area contributed by atoms with Gasteiger partial charge < -0.3 is 19.3 Å². The van der Waals surface area contributed by atoms with Crippen LogP contribution in [0.15, 0.2) is 18.2 Å². The maximum Gasteiger partial charge on any atom is 0.203 e. The predicted octanol–water partition coefficient (Wildman–Crippen LogP) is 1.85. The van der Waals surface area contributed by atoms with Crippen LogP contribution in [0, 0.1) is 5.92 Å². The van der Waals surface area contributed by atoms with Crippen LogP contribution < -0.4 is 14.2 Å². The van der Waals surface area contributed by atoms with E-state index in [-0.39, 0.29) is 6.61 Å². The zero-order chi connectivity index (χ0) is 12.3. The fourth-order valence-corrected chi connectivity index (χ4v) is 1.75. The zero-order valence-corrected chi connectivity index (χ0v) is 10.2. The molecule has 1 N–H and O–H groups in total. The van der Waals surface area contributed by atoms with Gasteiger partial charge in [0, 0.05) is 0 Å². The first-order valence-corrected chi connectivity index (χ1v) is 5.78. The molecule has 0 saturated heterocycles. The molecule has 17 heavy (non-hydrogen) atoms. The van der Waals surface area contributed by atoms with Crippen molar-refractivity contribution in [2.45, 2.75) is 18.9 Å². The third-order valence-corrected chi connectivity index (χ3v) is 2.95. The standard InChI is InChI=1S/C13H18O4/c1-15-11-4-3-5-12(16-2)13(11)17-8-10(14)9-6-7-9/h3-5,9-10,14H,6-8H2,1-2H3. The minimum atomic E-state index is -0.399. The monoisotopic (exact) mass is 238 g/mol. The second-order valence-electron chi connectivity index (χ2n) is 4.21. The average Bonchev–Trinajstić information content (AvgIpc) is 3.19. The van der Waals surface area contributed by atoms with Gasteiger partial charge in [-0.25, -0.2) is 0 Å². The van der Waals surface area contributed by atoms with Crippen LogP contribution in [0.4, 0.5) is 0 Å². The highest BCUT2D eigenvalue weighted by Crippen LogP contribution is 2.38. The maximum atomic E-state index is 9.77. The number of rotatable bonds is 6. The molecule has 0 radical (unpaired) electrons. The molecule has 0 aromatic heterocycles. The van der Waals surface area contributed by atoms with Crippen molar-refractivity contribution in [1.29, 1.82) is 0 Å². The van der Waals surface area contributed by atoms with Gasteiger partial charge >= 0.3 is 0 Å². The smallest absolute Gasteiger partial charge is 0.203 e. The predicted molar refractivity (Wildman–Crippen MR) is 63.8 cm³/mol. The van der Waals surface area contributed by atoms with Crippen molar-refractivity contribution in [3.05, 3.63) is 18.2 Å². The molecule has 0 spiro atoms. The summed E-state index contributed by atoms with van der Waals surface area (Å²) in [6.45, 7) is 0.279. The van der Waals surface area contributed by atoms with Crippen LogP contribution in [0.3, 0.4) is 0 Å². The van der Waals surface area contributed by atoms with Crippen molar-refractivity contribution in [2.75, 3.05) is 20.8 Å². The molecular weight excluding hydrogens is 220 g/mol. The lowest BCUT2D eigenvalue weighted by Crippen LogP contribution is -2.19. The number of methoxy groups -OCH3 is 2. The van der Waals surface area contributed by atoms with Gasteiger partial charge in [-0.15, -0.1) is 0 Å². The van der Waals surface area contributed by atoms with Crippen molar-refractivity contribution in [1.82, 2.24) is 0 Å². The normalized spacial score (nSPS) is 16.4. The van der Waals surface area contributed by atoms with Gasteiger partial charge in [0.25, 0.3) is 0 Å². The summed E-state index contributed by atoms with van der Waals surface area (Å²) in [5.74, 6) is 2.19. The topological polar surface area (TPSA) is 47.9 Å². The molecule has 0 amide bonds. The minimum absolute atomic E-state index is 0.279. The summed E-state index contributed by atoms with van der Waals surface area (Å²) in [7, 11) is 3.16.